The van der Waals surface area contributed by atoms with E-state index in [4.69, 9.17) is 25.8 Å². The molecule has 0 radical (unpaired) electrons. The van der Waals surface area contributed by atoms with Crippen LogP contribution in [0.2, 0.25) is 5.02 Å². The zero-order valence-electron chi connectivity index (χ0n) is 31.6. The summed E-state index contributed by atoms with van der Waals surface area (Å²) in [6.45, 7) is 11.6. The second kappa shape index (κ2) is 18.1. The predicted molar refractivity (Wildman–Crippen MR) is 208 cm³/mol. The first-order valence-corrected chi connectivity index (χ1v) is 18.5. The maximum absolute atomic E-state index is 12.0. The lowest BCUT2D eigenvalue weighted by Crippen LogP contribution is -2.49. The number of amides is 1. The minimum Gasteiger partial charge on any atom is -0.493 e. The van der Waals surface area contributed by atoms with Crippen LogP contribution in [0.4, 0.5) is 0 Å². The molecule has 54 heavy (non-hydrogen) atoms. The summed E-state index contributed by atoms with van der Waals surface area (Å²) in [7, 11) is 0. The Kier molecular flexibility index (Phi) is 13.6. The Balaban J connectivity index is 1.42. The SMILES string of the molecule is CC(=O)N[C@]1(CCCOc2c(COc3cc(OCc4cncc(C#N)c4)cc(CNC(C)(C)C(O)O)c3Cl)ccc(-c3ccccc3C)c2C)CCNC1. The number of carbonyl (C=O) groups is 1. The van der Waals surface area contributed by atoms with Crippen LogP contribution in [-0.4, -0.2) is 58.2 Å². The highest BCUT2D eigenvalue weighted by Crippen LogP contribution is 2.38. The van der Waals surface area contributed by atoms with E-state index in [-0.39, 0.29) is 31.2 Å². The molecule has 1 amide bonds. The molecule has 11 nitrogen and oxygen atoms in total. The van der Waals surface area contributed by atoms with Gasteiger partial charge >= 0.3 is 0 Å². The molecule has 0 saturated carbocycles. The topological polar surface area (TPSA) is 158 Å². The molecular weight excluding hydrogens is 706 g/mol. The van der Waals surface area contributed by atoms with Crippen molar-refractivity contribution in [3.05, 3.63) is 105 Å². The lowest BCUT2D eigenvalue weighted by atomic mass is 9.92. The quantitative estimate of drug-likeness (QED) is 0.0616. The number of benzene rings is 3. The molecule has 2 heterocycles. The Labute approximate surface area is 322 Å². The second-order valence-electron chi connectivity index (χ2n) is 14.5. The minimum absolute atomic E-state index is 0.0344. The van der Waals surface area contributed by atoms with Crippen molar-refractivity contribution in [2.75, 3.05) is 19.7 Å². The Morgan fingerprint density at radius 3 is 2.56 bits per heavy atom. The number of carbonyl (C=O) groups excluding carboxylic acids is 1. The average molecular weight is 756 g/mol. The van der Waals surface area contributed by atoms with E-state index in [2.05, 4.69) is 59.1 Å². The van der Waals surface area contributed by atoms with Gasteiger partial charge in [-0.15, -0.1) is 0 Å². The number of hydrogen-bond acceptors (Lipinski definition) is 10. The average Bonchev–Trinajstić information content (AvgIpc) is 3.60. The summed E-state index contributed by atoms with van der Waals surface area (Å²) in [4.78, 5) is 16.1. The van der Waals surface area contributed by atoms with E-state index in [0.29, 0.717) is 39.8 Å². The van der Waals surface area contributed by atoms with Gasteiger partial charge in [-0.25, -0.2) is 0 Å². The third kappa shape index (κ3) is 10.3. The fourth-order valence-corrected chi connectivity index (χ4v) is 6.85. The van der Waals surface area contributed by atoms with Gasteiger partial charge in [-0.3, -0.25) is 9.78 Å². The molecule has 286 valence electrons. The van der Waals surface area contributed by atoms with Crippen molar-refractivity contribution in [3.63, 3.8) is 0 Å². The Morgan fingerprint density at radius 1 is 1.06 bits per heavy atom. The smallest absolute Gasteiger partial charge is 0.217 e. The fraction of sp³-hybridized carbons (Fsp3) is 0.405. The van der Waals surface area contributed by atoms with Gasteiger partial charge in [0.2, 0.25) is 5.91 Å². The predicted octanol–water partition coefficient (Wildman–Crippen LogP) is 6.25. The molecule has 0 spiro atoms. The van der Waals surface area contributed by atoms with E-state index in [1.54, 1.807) is 45.2 Å². The van der Waals surface area contributed by atoms with Crippen LogP contribution in [0, 0.1) is 25.2 Å². The second-order valence-corrected chi connectivity index (χ2v) is 14.9. The summed E-state index contributed by atoms with van der Waals surface area (Å²) >= 11 is 6.96. The highest BCUT2D eigenvalue weighted by atomic mass is 35.5. The largest absolute Gasteiger partial charge is 0.493 e. The van der Waals surface area contributed by atoms with Crippen molar-refractivity contribution in [1.29, 1.82) is 5.26 Å². The van der Waals surface area contributed by atoms with E-state index in [1.807, 2.05) is 18.2 Å². The molecule has 0 unspecified atom stereocenters. The van der Waals surface area contributed by atoms with Gasteiger partial charge in [0.1, 0.15) is 36.5 Å². The molecule has 5 rings (SSSR count). The highest BCUT2D eigenvalue weighted by Gasteiger charge is 2.34. The van der Waals surface area contributed by atoms with Crippen LogP contribution in [0.25, 0.3) is 11.1 Å². The molecule has 1 fully saturated rings. The Hall–Kier alpha value is -4.70. The van der Waals surface area contributed by atoms with Crippen molar-refractivity contribution in [2.45, 2.75) is 91.0 Å². The van der Waals surface area contributed by atoms with Crippen molar-refractivity contribution in [3.8, 4) is 34.4 Å². The van der Waals surface area contributed by atoms with Gasteiger partial charge in [0.25, 0.3) is 0 Å². The van der Waals surface area contributed by atoms with E-state index in [9.17, 15) is 20.3 Å². The Morgan fingerprint density at radius 2 is 1.85 bits per heavy atom. The lowest BCUT2D eigenvalue weighted by Gasteiger charge is -2.29. The van der Waals surface area contributed by atoms with Crippen LogP contribution in [0.3, 0.4) is 0 Å². The molecule has 1 aliphatic heterocycles. The number of rotatable bonds is 17. The molecule has 1 aromatic heterocycles. The summed E-state index contributed by atoms with van der Waals surface area (Å²) in [5, 5.41) is 39.1. The molecule has 4 aromatic rings. The summed E-state index contributed by atoms with van der Waals surface area (Å²) in [5.74, 6) is 1.53. The van der Waals surface area contributed by atoms with E-state index >= 15 is 0 Å². The van der Waals surface area contributed by atoms with E-state index in [0.717, 1.165) is 65.9 Å². The zero-order valence-corrected chi connectivity index (χ0v) is 32.3. The number of nitrogens with one attached hydrogen (secondary N) is 3. The number of aromatic nitrogens is 1. The number of aliphatic hydroxyl groups is 2. The van der Waals surface area contributed by atoms with Gasteiger partial charge in [-0.1, -0.05) is 48.0 Å². The maximum atomic E-state index is 12.0. The number of pyridine rings is 1. The first kappa shape index (κ1) is 40.5. The van der Waals surface area contributed by atoms with Crippen molar-refractivity contribution in [1.82, 2.24) is 20.9 Å². The molecule has 12 heteroatoms. The van der Waals surface area contributed by atoms with Gasteiger partial charge in [-0.2, -0.15) is 5.26 Å². The normalized spacial score (nSPS) is 15.6. The van der Waals surface area contributed by atoms with Gasteiger partial charge in [0.05, 0.1) is 28.3 Å². The number of halogens is 1. The van der Waals surface area contributed by atoms with Crippen LogP contribution in [0.1, 0.15) is 73.4 Å². The molecule has 0 bridgehead atoms. The summed E-state index contributed by atoms with van der Waals surface area (Å²) in [6, 6.07) is 19.6. The number of hydrogen-bond donors (Lipinski definition) is 5. The number of ether oxygens (including phenoxy) is 3. The molecule has 1 atom stereocenters. The molecule has 1 saturated heterocycles. The van der Waals surface area contributed by atoms with Crippen LogP contribution in [0.5, 0.6) is 17.2 Å². The minimum atomic E-state index is -1.61. The molecule has 1 aliphatic rings. The first-order chi connectivity index (χ1) is 25.8. The standard InChI is InChI=1S/C42H50ClN5O6/c1-27-9-6-7-10-35(27)36-12-11-32(39(28(36)2)52-16-8-13-42(48-29(3)49)14-15-45-26-42)25-54-37-19-34(53-24-31-17-30(20-44)21-46-22-31)18-33(38(37)43)23-47-41(4,5)40(50)51/h6-7,9-12,17-19,21-22,40,45,47,50-51H,8,13-16,23-26H2,1-5H3,(H,48,49)/t42-/m1/s1. The van der Waals surface area contributed by atoms with E-state index in [1.165, 1.54) is 6.20 Å². The summed E-state index contributed by atoms with van der Waals surface area (Å²) in [5.41, 5.74) is 5.60. The third-order valence-corrected chi connectivity index (χ3v) is 10.3. The Bertz CT molecular complexity index is 1970. The first-order valence-electron chi connectivity index (χ1n) is 18.1. The third-order valence-electron chi connectivity index (χ3n) is 9.83. The van der Waals surface area contributed by atoms with Crippen LogP contribution >= 0.6 is 11.6 Å². The van der Waals surface area contributed by atoms with Gasteiger partial charge in [0, 0.05) is 49.6 Å². The lowest BCUT2D eigenvalue weighted by molar-refractivity contribution is -0.120. The maximum Gasteiger partial charge on any atom is 0.217 e. The number of nitriles is 1. The van der Waals surface area contributed by atoms with Crippen molar-refractivity contribution >= 4 is 17.5 Å². The molecule has 3 aromatic carbocycles. The summed E-state index contributed by atoms with van der Waals surface area (Å²) < 4.78 is 19.2. The van der Waals surface area contributed by atoms with Crippen LogP contribution in [-0.2, 0) is 24.6 Å². The number of aryl methyl sites for hydroxylation is 1. The molecular formula is C42H50ClN5O6. The summed E-state index contributed by atoms with van der Waals surface area (Å²) in [6.07, 6.45) is 3.90. The molecule has 0 aliphatic carbocycles. The zero-order chi connectivity index (χ0) is 38.9. The number of nitrogens with zero attached hydrogens (tertiary/aromatic N) is 2. The van der Waals surface area contributed by atoms with Crippen LogP contribution in [0.15, 0.2) is 67.0 Å². The van der Waals surface area contributed by atoms with Gasteiger partial charge in [-0.05, 0) is 93.5 Å². The van der Waals surface area contributed by atoms with Gasteiger partial charge < -0.3 is 40.4 Å². The highest BCUT2D eigenvalue weighted by molar-refractivity contribution is 6.32. The fourth-order valence-electron chi connectivity index (χ4n) is 6.62. The molecule has 5 N–H and O–H groups in total. The number of aliphatic hydroxyl groups excluding tert-OH is 1. The van der Waals surface area contributed by atoms with E-state index < -0.39 is 11.8 Å². The van der Waals surface area contributed by atoms with Gasteiger partial charge in [0.15, 0.2) is 6.29 Å². The monoisotopic (exact) mass is 755 g/mol. The van der Waals surface area contributed by atoms with Crippen LogP contribution < -0.4 is 30.2 Å². The van der Waals surface area contributed by atoms with Crippen molar-refractivity contribution < 1.29 is 29.2 Å². The van der Waals surface area contributed by atoms with Crippen molar-refractivity contribution in [2.24, 2.45) is 0 Å².